The maximum Gasteiger partial charge on any atom is 0.226 e. The smallest absolute Gasteiger partial charge is 0.226 e. The highest BCUT2D eigenvalue weighted by atomic mass is 16.3. The van der Waals surface area contributed by atoms with Gasteiger partial charge < -0.3 is 14.4 Å². The lowest BCUT2D eigenvalue weighted by Gasteiger charge is -2.17. The molecular formula is C16H17NO3. The molecule has 0 bridgehead atoms. The summed E-state index contributed by atoms with van der Waals surface area (Å²) in [5.74, 6) is 1.51. The molecule has 2 aromatic rings. The van der Waals surface area contributed by atoms with Gasteiger partial charge in [-0.2, -0.15) is 0 Å². The van der Waals surface area contributed by atoms with Gasteiger partial charge in [0, 0.05) is 25.4 Å². The van der Waals surface area contributed by atoms with Crippen molar-refractivity contribution in [3.8, 4) is 5.75 Å². The van der Waals surface area contributed by atoms with E-state index in [1.54, 1.807) is 36.4 Å². The molecule has 4 nitrogen and oxygen atoms in total. The van der Waals surface area contributed by atoms with Crippen molar-refractivity contribution in [3.63, 3.8) is 0 Å². The molecule has 0 aliphatic heterocycles. The maximum absolute atomic E-state index is 12.3. The lowest BCUT2D eigenvalue weighted by Crippen LogP contribution is -2.28. The highest BCUT2D eigenvalue weighted by Crippen LogP contribution is 2.48. The average Bonchev–Trinajstić information content (AvgIpc) is 3.03. The minimum atomic E-state index is 0.0310. The van der Waals surface area contributed by atoms with Gasteiger partial charge in [0.15, 0.2) is 0 Å². The normalized spacial score (nSPS) is 20.6. The van der Waals surface area contributed by atoms with Crippen LogP contribution in [0.5, 0.6) is 5.75 Å². The van der Waals surface area contributed by atoms with Crippen LogP contribution in [0.2, 0.25) is 0 Å². The Hall–Kier alpha value is -2.23. The molecule has 1 N–H and O–H groups in total. The van der Waals surface area contributed by atoms with Crippen LogP contribution in [0.4, 0.5) is 0 Å². The van der Waals surface area contributed by atoms with E-state index in [-0.39, 0.29) is 23.5 Å². The standard InChI is InChI=1S/C16H17NO3/c1-17(10-11-4-2-5-12(18)8-11)16(19)14-9-13(14)15-6-3-7-20-15/h2-8,13-14,18H,9-10H2,1H3/t13-,14-/m0/s1. The summed E-state index contributed by atoms with van der Waals surface area (Å²) in [4.78, 5) is 14.0. The molecule has 1 aromatic carbocycles. The van der Waals surface area contributed by atoms with Gasteiger partial charge in [0.1, 0.15) is 11.5 Å². The topological polar surface area (TPSA) is 53.7 Å². The summed E-state index contributed by atoms with van der Waals surface area (Å²) in [5, 5.41) is 9.44. The number of carbonyl (C=O) groups is 1. The zero-order chi connectivity index (χ0) is 14.1. The quantitative estimate of drug-likeness (QED) is 0.930. The van der Waals surface area contributed by atoms with Crippen LogP contribution in [0.25, 0.3) is 0 Å². The molecule has 0 unspecified atom stereocenters. The zero-order valence-electron chi connectivity index (χ0n) is 11.3. The van der Waals surface area contributed by atoms with E-state index in [0.717, 1.165) is 17.7 Å². The predicted molar refractivity (Wildman–Crippen MR) is 74.1 cm³/mol. The molecule has 0 radical (unpaired) electrons. The van der Waals surface area contributed by atoms with Crippen molar-refractivity contribution in [1.82, 2.24) is 4.90 Å². The number of benzene rings is 1. The number of hydrogen-bond acceptors (Lipinski definition) is 3. The minimum Gasteiger partial charge on any atom is -0.508 e. The van der Waals surface area contributed by atoms with Crippen molar-refractivity contribution in [1.29, 1.82) is 0 Å². The van der Waals surface area contributed by atoms with Crippen LogP contribution < -0.4 is 0 Å². The van der Waals surface area contributed by atoms with E-state index in [1.807, 2.05) is 18.2 Å². The van der Waals surface area contributed by atoms with E-state index < -0.39 is 0 Å². The molecule has 1 aliphatic carbocycles. The maximum atomic E-state index is 12.3. The van der Waals surface area contributed by atoms with Crippen LogP contribution in [-0.4, -0.2) is 23.0 Å². The highest BCUT2D eigenvalue weighted by molar-refractivity contribution is 5.82. The summed E-state index contributed by atoms with van der Waals surface area (Å²) in [7, 11) is 1.80. The molecule has 2 atom stereocenters. The van der Waals surface area contributed by atoms with E-state index in [0.29, 0.717) is 6.54 Å². The number of rotatable bonds is 4. The zero-order valence-corrected chi connectivity index (χ0v) is 11.3. The fourth-order valence-corrected chi connectivity index (χ4v) is 2.57. The van der Waals surface area contributed by atoms with Gasteiger partial charge >= 0.3 is 0 Å². The number of carbonyl (C=O) groups excluding carboxylic acids is 1. The first-order valence-electron chi connectivity index (χ1n) is 6.71. The number of furan rings is 1. The molecule has 1 saturated carbocycles. The van der Waals surface area contributed by atoms with Gasteiger partial charge in [0.25, 0.3) is 0 Å². The van der Waals surface area contributed by atoms with Gasteiger partial charge in [-0.1, -0.05) is 12.1 Å². The summed E-state index contributed by atoms with van der Waals surface area (Å²) >= 11 is 0. The van der Waals surface area contributed by atoms with E-state index in [9.17, 15) is 9.90 Å². The molecule has 3 rings (SSSR count). The largest absolute Gasteiger partial charge is 0.508 e. The van der Waals surface area contributed by atoms with Crippen molar-refractivity contribution in [3.05, 3.63) is 54.0 Å². The Labute approximate surface area is 117 Å². The third-order valence-electron chi connectivity index (χ3n) is 3.72. The Balaban J connectivity index is 1.61. The first-order valence-corrected chi connectivity index (χ1v) is 6.71. The number of phenols is 1. The molecule has 1 heterocycles. The molecule has 4 heteroatoms. The fourth-order valence-electron chi connectivity index (χ4n) is 2.57. The predicted octanol–water partition coefficient (Wildman–Crippen LogP) is 2.75. The first kappa shape index (κ1) is 12.8. The Kier molecular flexibility index (Phi) is 3.22. The van der Waals surface area contributed by atoms with E-state index in [4.69, 9.17) is 4.42 Å². The lowest BCUT2D eigenvalue weighted by molar-refractivity contribution is -0.131. The van der Waals surface area contributed by atoms with Gasteiger partial charge in [-0.25, -0.2) is 0 Å². The van der Waals surface area contributed by atoms with Crippen molar-refractivity contribution in [2.75, 3.05) is 7.05 Å². The van der Waals surface area contributed by atoms with Crippen LogP contribution in [0.15, 0.2) is 47.1 Å². The molecule has 104 valence electrons. The summed E-state index contributed by atoms with van der Waals surface area (Å²) in [6.07, 6.45) is 2.50. The number of nitrogens with zero attached hydrogens (tertiary/aromatic N) is 1. The fraction of sp³-hybridized carbons (Fsp3) is 0.312. The van der Waals surface area contributed by atoms with Crippen molar-refractivity contribution < 1.29 is 14.3 Å². The van der Waals surface area contributed by atoms with E-state index in [2.05, 4.69) is 0 Å². The third-order valence-corrected chi connectivity index (χ3v) is 3.72. The minimum absolute atomic E-state index is 0.0310. The molecule has 1 fully saturated rings. The second-order valence-corrected chi connectivity index (χ2v) is 5.33. The molecule has 0 saturated heterocycles. The van der Waals surface area contributed by atoms with Gasteiger partial charge in [-0.15, -0.1) is 0 Å². The van der Waals surface area contributed by atoms with Crippen LogP contribution in [0.1, 0.15) is 23.7 Å². The molecule has 1 aliphatic rings. The highest BCUT2D eigenvalue weighted by Gasteiger charge is 2.46. The molecule has 0 spiro atoms. The Morgan fingerprint density at radius 2 is 2.25 bits per heavy atom. The number of hydrogen-bond donors (Lipinski definition) is 1. The van der Waals surface area contributed by atoms with Crippen LogP contribution in [0.3, 0.4) is 0 Å². The molecule has 1 aromatic heterocycles. The van der Waals surface area contributed by atoms with Crippen molar-refractivity contribution >= 4 is 5.91 Å². The third kappa shape index (κ3) is 2.54. The van der Waals surface area contributed by atoms with Gasteiger partial charge in [-0.05, 0) is 36.2 Å². The SMILES string of the molecule is CN(Cc1cccc(O)c1)C(=O)[C@H]1C[C@@H]1c1ccco1. The van der Waals surface area contributed by atoms with Gasteiger partial charge in [0.05, 0.1) is 6.26 Å². The van der Waals surface area contributed by atoms with Crippen LogP contribution in [0, 0.1) is 5.92 Å². The van der Waals surface area contributed by atoms with E-state index in [1.165, 1.54) is 0 Å². The summed E-state index contributed by atoms with van der Waals surface area (Å²) in [6.45, 7) is 0.509. The molecular weight excluding hydrogens is 254 g/mol. The lowest BCUT2D eigenvalue weighted by atomic mass is 10.2. The average molecular weight is 271 g/mol. The molecule has 1 amide bonds. The van der Waals surface area contributed by atoms with Crippen LogP contribution >= 0.6 is 0 Å². The van der Waals surface area contributed by atoms with E-state index >= 15 is 0 Å². The second kappa shape index (κ2) is 5.04. The Morgan fingerprint density at radius 3 is 2.95 bits per heavy atom. The monoisotopic (exact) mass is 271 g/mol. The summed E-state index contributed by atoms with van der Waals surface area (Å²) in [5.41, 5.74) is 0.927. The first-order chi connectivity index (χ1) is 9.65. The molecule has 20 heavy (non-hydrogen) atoms. The summed E-state index contributed by atoms with van der Waals surface area (Å²) < 4.78 is 5.35. The van der Waals surface area contributed by atoms with Crippen LogP contribution in [-0.2, 0) is 11.3 Å². The van der Waals surface area contributed by atoms with Gasteiger partial charge in [0.2, 0.25) is 5.91 Å². The Morgan fingerprint density at radius 1 is 1.40 bits per heavy atom. The number of aromatic hydroxyl groups is 1. The van der Waals surface area contributed by atoms with Crippen molar-refractivity contribution in [2.24, 2.45) is 5.92 Å². The summed E-state index contributed by atoms with van der Waals surface area (Å²) in [6, 6.07) is 10.8. The van der Waals surface area contributed by atoms with Crippen molar-refractivity contribution in [2.45, 2.75) is 18.9 Å². The van der Waals surface area contributed by atoms with Gasteiger partial charge in [-0.3, -0.25) is 4.79 Å². The number of phenolic OH excluding ortho intramolecular Hbond substituents is 1. The Bertz CT molecular complexity index is 606. The second-order valence-electron chi connectivity index (χ2n) is 5.33. The number of amides is 1.